The van der Waals surface area contributed by atoms with E-state index in [1.807, 2.05) is 63.8 Å². The number of aromatic amines is 2. The van der Waals surface area contributed by atoms with Gasteiger partial charge in [0.2, 0.25) is 11.8 Å². The standard InChI is InChI=1S/C42H52N8O6/c1-23(2)35(47-41(53)55-7)39(51)49-22-25(5)17-34(49)38-43-20-31(45-38)15-11-27-10-12-29-19-30(14-13-28(29)18-27)32-21-44-37(46-32)33-16-9-26(6)50(33)40(52)36(24(3)4)48-42(54)56-8/h10,12-14,18-21,23-26,33-36H,9,16-17,22H2,1-8H3,(H,43,45)(H,44,46)(H,47,53)(H,48,54)/t25?,26-,33-,34-,35-,36-/m0/s1. The van der Waals surface area contributed by atoms with Crippen molar-refractivity contribution in [2.75, 3.05) is 20.8 Å². The predicted molar refractivity (Wildman–Crippen MR) is 211 cm³/mol. The van der Waals surface area contributed by atoms with E-state index in [0.717, 1.165) is 46.9 Å². The fourth-order valence-corrected chi connectivity index (χ4v) is 7.76. The largest absolute Gasteiger partial charge is 0.453 e. The number of carbonyl (C=O) groups excluding carboxylic acids is 4. The lowest BCUT2D eigenvalue weighted by molar-refractivity contribution is -0.137. The monoisotopic (exact) mass is 764 g/mol. The zero-order chi connectivity index (χ0) is 40.3. The Morgan fingerprint density at radius 1 is 0.786 bits per heavy atom. The van der Waals surface area contributed by atoms with Crippen LogP contribution in [0.2, 0.25) is 0 Å². The Hall–Kier alpha value is -5.84. The van der Waals surface area contributed by atoms with Crippen LogP contribution in [0.3, 0.4) is 0 Å². The van der Waals surface area contributed by atoms with Gasteiger partial charge in [-0.05, 0) is 78.8 Å². The number of amides is 4. The molecule has 0 radical (unpaired) electrons. The Morgan fingerprint density at radius 2 is 1.41 bits per heavy atom. The van der Waals surface area contributed by atoms with Gasteiger partial charge in [0.15, 0.2) is 0 Å². The maximum atomic E-state index is 13.8. The highest BCUT2D eigenvalue weighted by Gasteiger charge is 2.42. The van der Waals surface area contributed by atoms with Crippen molar-refractivity contribution in [3.05, 3.63) is 71.7 Å². The molecule has 2 saturated heterocycles. The van der Waals surface area contributed by atoms with Crippen LogP contribution in [0.4, 0.5) is 9.59 Å². The van der Waals surface area contributed by atoms with Crippen LogP contribution in [-0.2, 0) is 19.1 Å². The number of H-pyrrole nitrogens is 2. The first-order valence-electron chi connectivity index (χ1n) is 19.3. The molecule has 14 heteroatoms. The lowest BCUT2D eigenvalue weighted by Gasteiger charge is -2.32. The van der Waals surface area contributed by atoms with Crippen LogP contribution in [0.5, 0.6) is 0 Å². The molecule has 1 unspecified atom stereocenters. The van der Waals surface area contributed by atoms with Gasteiger partial charge in [-0.3, -0.25) is 9.59 Å². The Kier molecular flexibility index (Phi) is 12.0. The summed E-state index contributed by atoms with van der Waals surface area (Å²) < 4.78 is 9.54. The van der Waals surface area contributed by atoms with Crippen molar-refractivity contribution in [2.45, 2.75) is 91.0 Å². The number of fused-ring (bicyclic) bond motifs is 1. The highest BCUT2D eigenvalue weighted by molar-refractivity contribution is 5.89. The summed E-state index contributed by atoms with van der Waals surface area (Å²) in [6, 6.07) is 10.3. The van der Waals surface area contributed by atoms with Gasteiger partial charge < -0.3 is 39.9 Å². The van der Waals surface area contributed by atoms with Gasteiger partial charge in [0, 0.05) is 23.7 Å². The number of hydrogen-bond acceptors (Lipinski definition) is 8. The molecule has 2 aliphatic heterocycles. The van der Waals surface area contributed by atoms with Crippen LogP contribution >= 0.6 is 0 Å². The molecule has 4 amide bonds. The molecule has 2 aromatic heterocycles. The molecule has 56 heavy (non-hydrogen) atoms. The third-order valence-electron chi connectivity index (χ3n) is 10.8. The number of ether oxygens (including phenoxy) is 2. The molecule has 14 nitrogen and oxygen atoms in total. The zero-order valence-corrected chi connectivity index (χ0v) is 33.3. The lowest BCUT2D eigenvalue weighted by atomic mass is 10.0. The Labute approximate surface area is 327 Å². The number of methoxy groups -OCH3 is 2. The molecule has 4 aromatic rings. The number of carbonyl (C=O) groups is 4. The van der Waals surface area contributed by atoms with Gasteiger partial charge >= 0.3 is 12.2 Å². The molecule has 0 saturated carbocycles. The minimum atomic E-state index is -0.712. The molecule has 6 rings (SSSR count). The molecule has 6 atom stereocenters. The highest BCUT2D eigenvalue weighted by atomic mass is 16.5. The first kappa shape index (κ1) is 39.8. The highest BCUT2D eigenvalue weighted by Crippen LogP contribution is 2.37. The van der Waals surface area contributed by atoms with E-state index in [4.69, 9.17) is 14.5 Å². The number of nitrogens with one attached hydrogen (secondary N) is 4. The molecule has 296 valence electrons. The maximum Gasteiger partial charge on any atom is 0.407 e. The minimum absolute atomic E-state index is 0.00646. The SMILES string of the molecule is COC(=O)N[C@H](C(=O)N1CC(C)C[C@H]1c1ncc(C#Cc2ccc3cc(-c4cnc([C@@H]5CC[C@H](C)N5C(=O)[C@@H](NC(=O)OC)C(C)C)[nH]4)ccc3c2)[nH]1)C(C)C. The number of aromatic nitrogens is 4. The summed E-state index contributed by atoms with van der Waals surface area (Å²) in [4.78, 5) is 71.1. The fourth-order valence-electron chi connectivity index (χ4n) is 7.76. The van der Waals surface area contributed by atoms with Gasteiger partial charge in [-0.15, -0.1) is 0 Å². The number of hydrogen-bond donors (Lipinski definition) is 4. The number of alkyl carbamates (subject to hydrolysis) is 2. The second kappa shape index (κ2) is 16.9. The van der Waals surface area contributed by atoms with E-state index in [-0.39, 0.29) is 47.7 Å². The molecule has 4 N–H and O–H groups in total. The Morgan fingerprint density at radius 3 is 2.09 bits per heavy atom. The molecule has 2 aromatic carbocycles. The smallest absolute Gasteiger partial charge is 0.407 e. The zero-order valence-electron chi connectivity index (χ0n) is 33.3. The van der Waals surface area contributed by atoms with E-state index in [1.54, 1.807) is 17.3 Å². The quantitative estimate of drug-likeness (QED) is 0.149. The molecule has 0 bridgehead atoms. The first-order valence-corrected chi connectivity index (χ1v) is 19.3. The minimum Gasteiger partial charge on any atom is -0.453 e. The van der Waals surface area contributed by atoms with Gasteiger partial charge in [-0.25, -0.2) is 19.6 Å². The average Bonchev–Trinajstić information content (AvgIpc) is 4.00. The van der Waals surface area contributed by atoms with Gasteiger partial charge in [-0.2, -0.15) is 0 Å². The third-order valence-corrected chi connectivity index (χ3v) is 10.8. The summed E-state index contributed by atoms with van der Waals surface area (Å²) in [6.07, 6.45) is 4.56. The van der Waals surface area contributed by atoms with E-state index < -0.39 is 24.3 Å². The molecule has 2 fully saturated rings. The molecular weight excluding hydrogens is 713 g/mol. The summed E-state index contributed by atoms with van der Waals surface area (Å²) in [5.41, 5.74) is 3.29. The summed E-state index contributed by atoms with van der Waals surface area (Å²) in [6.45, 7) is 12.3. The van der Waals surface area contributed by atoms with Crippen molar-refractivity contribution >= 4 is 34.8 Å². The van der Waals surface area contributed by atoms with Crippen LogP contribution in [0.15, 0.2) is 48.8 Å². The van der Waals surface area contributed by atoms with E-state index >= 15 is 0 Å². The predicted octanol–water partition coefficient (Wildman–Crippen LogP) is 6.08. The topological polar surface area (TPSA) is 175 Å². The van der Waals surface area contributed by atoms with Crippen molar-refractivity contribution < 1.29 is 28.7 Å². The molecule has 4 heterocycles. The average molecular weight is 765 g/mol. The fraction of sp³-hybridized carbons (Fsp3) is 0.476. The number of benzene rings is 2. The van der Waals surface area contributed by atoms with E-state index in [1.165, 1.54) is 14.2 Å². The number of imidazole rings is 2. The summed E-state index contributed by atoms with van der Waals surface area (Å²) >= 11 is 0. The first-order chi connectivity index (χ1) is 26.8. The molecule has 0 spiro atoms. The lowest BCUT2D eigenvalue weighted by Crippen LogP contribution is -2.52. The second-order valence-electron chi connectivity index (χ2n) is 15.6. The van der Waals surface area contributed by atoms with Gasteiger partial charge in [0.05, 0.1) is 44.4 Å². The molecular formula is C42H52N8O6. The van der Waals surface area contributed by atoms with Crippen LogP contribution in [0.1, 0.15) is 95.8 Å². The van der Waals surface area contributed by atoms with Crippen LogP contribution in [-0.4, -0.2) is 92.6 Å². The van der Waals surface area contributed by atoms with E-state index in [0.29, 0.717) is 23.9 Å². The normalized spacial score (nSPS) is 20.5. The van der Waals surface area contributed by atoms with Crippen LogP contribution in [0, 0.1) is 29.6 Å². The Bertz CT molecular complexity index is 2150. The van der Waals surface area contributed by atoms with Crippen molar-refractivity contribution in [3.63, 3.8) is 0 Å². The Balaban J connectivity index is 1.15. The summed E-state index contributed by atoms with van der Waals surface area (Å²) in [5.74, 6) is 7.52. The molecule has 0 aliphatic carbocycles. The second-order valence-corrected chi connectivity index (χ2v) is 15.6. The summed E-state index contributed by atoms with van der Waals surface area (Å²) in [7, 11) is 2.57. The summed E-state index contributed by atoms with van der Waals surface area (Å²) in [5, 5.41) is 7.47. The van der Waals surface area contributed by atoms with Gasteiger partial charge in [0.1, 0.15) is 29.4 Å². The van der Waals surface area contributed by atoms with Crippen molar-refractivity contribution in [2.24, 2.45) is 17.8 Å². The van der Waals surface area contributed by atoms with Gasteiger partial charge in [0.25, 0.3) is 0 Å². The van der Waals surface area contributed by atoms with Crippen LogP contribution in [0.25, 0.3) is 22.0 Å². The van der Waals surface area contributed by atoms with E-state index in [9.17, 15) is 19.2 Å². The molecule has 2 aliphatic rings. The third kappa shape index (κ3) is 8.51. The van der Waals surface area contributed by atoms with Gasteiger partial charge in [-0.1, -0.05) is 58.7 Å². The van der Waals surface area contributed by atoms with Crippen molar-refractivity contribution in [3.8, 4) is 23.1 Å². The number of rotatable bonds is 9. The number of nitrogens with zero attached hydrogens (tertiary/aromatic N) is 4. The van der Waals surface area contributed by atoms with E-state index in [2.05, 4.69) is 56.5 Å². The maximum absolute atomic E-state index is 13.8. The van der Waals surface area contributed by atoms with Crippen LogP contribution < -0.4 is 10.6 Å². The number of likely N-dealkylation sites (tertiary alicyclic amines) is 2. The van der Waals surface area contributed by atoms with Crippen molar-refractivity contribution in [1.29, 1.82) is 0 Å². The van der Waals surface area contributed by atoms with Crippen molar-refractivity contribution in [1.82, 2.24) is 40.4 Å².